The first-order valence-corrected chi connectivity index (χ1v) is 38.4. The summed E-state index contributed by atoms with van der Waals surface area (Å²) in [5, 5.41) is 7.81. The number of thiazole rings is 1. The number of anilines is 1. The van der Waals surface area contributed by atoms with Gasteiger partial charge in [0.2, 0.25) is 5.13 Å². The van der Waals surface area contributed by atoms with Crippen LogP contribution in [0.25, 0.3) is 10.2 Å². The summed E-state index contributed by atoms with van der Waals surface area (Å²) in [4.78, 5) is 80.3. The van der Waals surface area contributed by atoms with Gasteiger partial charge in [0.15, 0.2) is 5.75 Å². The number of esters is 5. The number of ether oxygens (including phenoxy) is 8. The fourth-order valence-corrected chi connectivity index (χ4v) is 13.8. The Morgan fingerprint density at radius 2 is 0.952 bits per heavy atom. The van der Waals surface area contributed by atoms with Crippen LogP contribution in [0.2, 0.25) is 0 Å². The molecule has 9 rings (SSSR count). The first kappa shape index (κ1) is 78.8. The molecule has 0 saturated heterocycles. The zero-order valence-electron chi connectivity index (χ0n) is 60.2. The normalized spacial score (nSPS) is 15.7. The second-order valence-electron chi connectivity index (χ2n) is 26.7. The molecule has 0 radical (unpaired) electrons. The molecule has 2 saturated carbocycles. The number of hydrazone groups is 1. The van der Waals surface area contributed by atoms with E-state index in [1.807, 2.05) is 120 Å². The molecule has 104 heavy (non-hydrogen) atoms. The molecule has 2 aliphatic rings. The maximum absolute atomic E-state index is 14.0. The number of hydrogen-bond acceptors (Lipinski definition) is 19. The van der Waals surface area contributed by atoms with E-state index in [0.717, 1.165) is 166 Å². The lowest BCUT2D eigenvalue weighted by atomic mass is 9.82. The minimum atomic E-state index is -0.437. The van der Waals surface area contributed by atoms with E-state index in [-0.39, 0.29) is 41.8 Å². The third-order valence-electron chi connectivity index (χ3n) is 18.8. The minimum absolute atomic E-state index is 0.0422. The molecule has 18 nitrogen and oxygen atoms in total. The monoisotopic (exact) mass is 1440 g/mol. The zero-order valence-corrected chi connectivity index (χ0v) is 61.0. The van der Waals surface area contributed by atoms with Crippen molar-refractivity contribution in [2.24, 2.45) is 22.9 Å². The number of hydrogen-bond donors (Lipinski definition) is 0. The van der Waals surface area contributed by atoms with Crippen LogP contribution in [0, 0.1) is 17.8 Å². The fraction of sp³-hybridized carbons (Fsp3) is 0.447. The molecule has 0 N–H and O–H groups in total. The Kier molecular flexibility index (Phi) is 34.1. The molecule has 0 atom stereocenters. The number of carbonyl (C=O) groups is 5. The van der Waals surface area contributed by atoms with E-state index in [9.17, 15) is 24.0 Å². The van der Waals surface area contributed by atoms with E-state index < -0.39 is 17.9 Å². The van der Waals surface area contributed by atoms with Crippen LogP contribution < -0.4 is 33.6 Å². The largest absolute Gasteiger partial charge is 0.494 e. The van der Waals surface area contributed by atoms with E-state index in [1.54, 1.807) is 47.9 Å². The highest BCUT2D eigenvalue weighted by Gasteiger charge is 2.31. The van der Waals surface area contributed by atoms with Crippen LogP contribution in [0.15, 0.2) is 182 Å². The Labute approximate surface area is 617 Å². The van der Waals surface area contributed by atoms with Gasteiger partial charge in [-0.2, -0.15) is 9.99 Å². The number of fused-ring (bicyclic) bond motifs is 1. The van der Waals surface area contributed by atoms with Gasteiger partial charge in [0, 0.05) is 24.3 Å². The maximum Gasteiger partial charge on any atom is 0.330 e. The summed E-state index contributed by atoms with van der Waals surface area (Å²) < 4.78 is 47.2. The molecule has 1 heterocycles. The van der Waals surface area contributed by atoms with E-state index in [4.69, 9.17) is 57.8 Å². The lowest BCUT2D eigenvalue weighted by molar-refractivity contribution is -0.218. The van der Waals surface area contributed by atoms with Gasteiger partial charge in [-0.3, -0.25) is 14.4 Å². The van der Waals surface area contributed by atoms with Gasteiger partial charge in [0.05, 0.1) is 74.0 Å². The predicted molar refractivity (Wildman–Crippen MR) is 406 cm³/mol. The molecule has 0 aliphatic heterocycles. The van der Waals surface area contributed by atoms with Crippen molar-refractivity contribution in [1.82, 2.24) is 4.98 Å². The summed E-state index contributed by atoms with van der Waals surface area (Å²) in [6, 6.07) is 47.8. The number of carbonyl (C=O) groups excluding carboxylic acids is 5. The summed E-state index contributed by atoms with van der Waals surface area (Å²) in [7, 11) is 0. The van der Waals surface area contributed by atoms with Gasteiger partial charge < -0.3 is 42.8 Å². The van der Waals surface area contributed by atoms with Crippen molar-refractivity contribution >= 4 is 62.7 Å². The molecule has 19 heteroatoms. The van der Waals surface area contributed by atoms with Crippen LogP contribution in [-0.2, 0) is 43.1 Å². The molecule has 0 amide bonds. The average Bonchev–Trinajstić information content (AvgIpc) is 1.46. The molecule has 0 unspecified atom stereocenters. The smallest absolute Gasteiger partial charge is 0.330 e. The summed E-state index contributed by atoms with van der Waals surface area (Å²) in [5.74, 6) is 1.06. The number of para-hydroxylation sites is 1. The van der Waals surface area contributed by atoms with Crippen molar-refractivity contribution in [3.63, 3.8) is 0 Å². The van der Waals surface area contributed by atoms with Crippen molar-refractivity contribution in [1.29, 1.82) is 0 Å². The number of unbranched alkanes of at least 4 members (excludes halogenated alkanes) is 15. The predicted octanol–water partition coefficient (Wildman–Crippen LogP) is 19.0. The highest BCUT2D eigenvalue weighted by Crippen LogP contribution is 2.35. The summed E-state index contributed by atoms with van der Waals surface area (Å²) >= 11 is 1.58. The molecule has 0 bridgehead atoms. The Morgan fingerprint density at radius 1 is 0.490 bits per heavy atom. The number of benzene rings is 6. The summed E-state index contributed by atoms with van der Waals surface area (Å²) in [6.45, 7) is 10.1. The van der Waals surface area contributed by atoms with Crippen LogP contribution in [-0.4, -0.2) is 93.3 Å². The van der Waals surface area contributed by atoms with Crippen molar-refractivity contribution in [2.75, 3.05) is 51.2 Å². The second kappa shape index (κ2) is 45.0. The van der Waals surface area contributed by atoms with Crippen LogP contribution >= 0.6 is 11.3 Å². The third kappa shape index (κ3) is 27.7. The molecular formula is C85H103N3O15S. The van der Waals surface area contributed by atoms with Crippen molar-refractivity contribution < 1.29 is 71.6 Å². The van der Waals surface area contributed by atoms with Gasteiger partial charge in [0.1, 0.15) is 34.7 Å². The second-order valence-corrected chi connectivity index (χ2v) is 27.7. The van der Waals surface area contributed by atoms with Crippen molar-refractivity contribution in [2.45, 2.75) is 179 Å². The zero-order chi connectivity index (χ0) is 72.6. The maximum atomic E-state index is 14.0. The van der Waals surface area contributed by atoms with Crippen molar-refractivity contribution in [3.8, 4) is 34.5 Å². The highest BCUT2D eigenvalue weighted by molar-refractivity contribution is 7.22. The first-order valence-electron chi connectivity index (χ1n) is 37.6. The van der Waals surface area contributed by atoms with Crippen molar-refractivity contribution in [3.05, 3.63) is 194 Å². The Hall–Kier alpha value is -9.33. The standard InChI is InChI=1S/C85H103N3O15S/c1-3-79(89)96-58-28-15-13-26-56-94-70-45-49-73(50-46-70)100-72-43-41-68(42-44-72)83(92)102-75-53-54-77(103-99-63-64-37-39-67(40-38-64)82(91)101-74-51-47-71(48-52-74)95-57-27-14-16-29-59-97-80(90)4-2)69(61-75)62-86-88(85-87-76-35-23-24-36-78(76)104-85)55-25-11-9-7-5-6-8-10-12-30-60-98-84(93)81(65-31-19-17-20-32-65)66-33-21-18-22-34-66/h3-4,17-24,31-36,45-54,61-62,64,67-68,72,81H,1-2,5-16,25-30,37-44,55-60,63H2/b86-62+. The van der Waals surface area contributed by atoms with Gasteiger partial charge >= 0.3 is 29.8 Å². The molecule has 0 spiro atoms. The van der Waals surface area contributed by atoms with Gasteiger partial charge in [-0.1, -0.05) is 149 Å². The molecule has 7 aromatic rings. The topological polar surface area (TPSA) is 206 Å². The van der Waals surface area contributed by atoms with Crippen LogP contribution in [0.5, 0.6) is 34.5 Å². The number of rotatable bonds is 47. The Bertz CT molecular complexity index is 3670. The highest BCUT2D eigenvalue weighted by atomic mass is 32.1. The van der Waals surface area contributed by atoms with E-state index in [1.165, 1.54) is 12.2 Å². The average molecular weight is 1440 g/mol. The lowest BCUT2D eigenvalue weighted by Crippen LogP contribution is -2.30. The number of aromatic nitrogens is 1. The minimum Gasteiger partial charge on any atom is -0.494 e. The Morgan fingerprint density at radius 3 is 1.50 bits per heavy atom. The molecule has 554 valence electrons. The quantitative estimate of drug-likeness (QED) is 0.00508. The fourth-order valence-electron chi connectivity index (χ4n) is 12.8. The van der Waals surface area contributed by atoms with Gasteiger partial charge in [-0.05, 0) is 211 Å². The van der Waals surface area contributed by atoms with Crippen LogP contribution in [0.3, 0.4) is 0 Å². The van der Waals surface area contributed by atoms with Gasteiger partial charge in [-0.25, -0.2) is 19.6 Å². The molecule has 2 fully saturated rings. The summed E-state index contributed by atoms with van der Waals surface area (Å²) in [5.41, 5.74) is 3.32. The molecular weight excluding hydrogens is 1340 g/mol. The molecule has 1 aromatic heterocycles. The third-order valence-corrected chi connectivity index (χ3v) is 19.8. The number of nitrogens with zero attached hydrogens (tertiary/aromatic N) is 3. The Balaban J connectivity index is 0.742. The van der Waals surface area contributed by atoms with Crippen LogP contribution in [0.4, 0.5) is 5.13 Å². The van der Waals surface area contributed by atoms with E-state index in [2.05, 4.69) is 19.2 Å². The summed E-state index contributed by atoms with van der Waals surface area (Å²) in [6.07, 6.45) is 27.2. The molecule has 2 aliphatic carbocycles. The molecule has 6 aromatic carbocycles. The van der Waals surface area contributed by atoms with E-state index in [0.29, 0.717) is 113 Å². The lowest BCUT2D eigenvalue weighted by Gasteiger charge is -2.28. The van der Waals surface area contributed by atoms with Gasteiger partial charge in [0.25, 0.3) is 0 Å². The first-order chi connectivity index (χ1) is 51.1. The SMILES string of the molecule is C=CC(=O)OCCCCCCOc1ccc(OC(=O)C2CCC(COOc3ccc(OC(=O)C4CCC(Oc5ccc(OCCCCCCOC(=O)C=C)cc5)CC4)cc3/C=N/N(CCCCCCCCCCCCOC(=O)C(c3ccccc3)c3ccccc3)c3nc4ccccc4s3)CC2)cc1. The van der Waals surface area contributed by atoms with Crippen LogP contribution in [0.1, 0.15) is 190 Å². The van der Waals surface area contributed by atoms with Gasteiger partial charge in [-0.15, -0.1) is 0 Å². The van der Waals surface area contributed by atoms with E-state index >= 15 is 0 Å².